The molecule has 7 heteroatoms. The fourth-order valence-corrected chi connectivity index (χ4v) is 2.00. The molecule has 0 amide bonds. The van der Waals surface area contributed by atoms with Gasteiger partial charge in [0.2, 0.25) is 0 Å². The number of rotatable bonds is 2. The summed E-state index contributed by atoms with van der Waals surface area (Å²) in [5.74, 6) is 0. The van der Waals surface area contributed by atoms with Crippen LogP contribution in [0.15, 0.2) is 17.0 Å². The minimum absolute atomic E-state index is 0.270. The Kier molecular flexibility index (Phi) is 2.57. The van der Waals surface area contributed by atoms with Gasteiger partial charge in [-0.15, -0.1) is 5.10 Å². The molecular weight excluding hydrogens is 260 g/mol. The lowest BCUT2D eigenvalue weighted by molar-refractivity contribution is 0.650. The number of nitrogens with two attached hydrogens (primary N) is 1. The monoisotopic (exact) mass is 270 g/mol. The van der Waals surface area contributed by atoms with Crippen molar-refractivity contribution in [3.05, 3.63) is 28.3 Å². The van der Waals surface area contributed by atoms with Gasteiger partial charge in [0.1, 0.15) is 0 Å². The predicted octanol–water partition coefficient (Wildman–Crippen LogP) is 0.359. The summed E-state index contributed by atoms with van der Waals surface area (Å²) in [6, 6.07) is -0.270. The van der Waals surface area contributed by atoms with Gasteiger partial charge >= 0.3 is 0 Å². The van der Waals surface area contributed by atoms with Crippen molar-refractivity contribution in [2.75, 3.05) is 0 Å². The van der Waals surface area contributed by atoms with Crippen molar-refractivity contribution in [2.45, 2.75) is 6.04 Å². The lowest BCUT2D eigenvalue weighted by atomic mass is 10.1. The van der Waals surface area contributed by atoms with Crippen LogP contribution in [0.4, 0.5) is 0 Å². The molecule has 0 bridgehead atoms. The van der Waals surface area contributed by atoms with Crippen LogP contribution >= 0.6 is 15.9 Å². The van der Waals surface area contributed by atoms with Gasteiger partial charge in [-0.3, -0.25) is 4.68 Å². The van der Waals surface area contributed by atoms with Gasteiger partial charge in [-0.05, 0) is 15.9 Å². The average molecular weight is 271 g/mol. The first kappa shape index (κ1) is 10.3. The second-order valence-electron chi connectivity index (χ2n) is 3.31. The van der Waals surface area contributed by atoms with Crippen LogP contribution < -0.4 is 5.73 Å². The molecule has 1 unspecified atom stereocenters. The minimum atomic E-state index is -0.270. The first-order valence-electron chi connectivity index (χ1n) is 4.39. The van der Waals surface area contributed by atoms with Gasteiger partial charge in [0.15, 0.2) is 4.60 Å². The summed E-state index contributed by atoms with van der Waals surface area (Å²) in [6.45, 7) is 0. The van der Waals surface area contributed by atoms with Crippen molar-refractivity contribution >= 4 is 15.9 Å². The maximum Gasteiger partial charge on any atom is 0.153 e. The quantitative estimate of drug-likeness (QED) is 0.855. The molecule has 0 fully saturated rings. The molecule has 1 atom stereocenters. The number of halogens is 1. The molecule has 2 heterocycles. The van der Waals surface area contributed by atoms with Gasteiger partial charge < -0.3 is 5.73 Å². The van der Waals surface area contributed by atoms with Crippen LogP contribution in [0.3, 0.4) is 0 Å². The lowest BCUT2D eigenvalue weighted by Crippen LogP contribution is -2.16. The zero-order valence-electron chi connectivity index (χ0n) is 8.42. The van der Waals surface area contributed by atoms with Crippen molar-refractivity contribution in [1.82, 2.24) is 24.8 Å². The van der Waals surface area contributed by atoms with Gasteiger partial charge in [0.25, 0.3) is 0 Å². The van der Waals surface area contributed by atoms with E-state index in [9.17, 15) is 0 Å². The SMILES string of the molecule is Cn1cc(C(N)c2c(Br)nnn2C)cn1. The summed E-state index contributed by atoms with van der Waals surface area (Å²) < 4.78 is 4.04. The van der Waals surface area contributed by atoms with Crippen LogP contribution in [0, 0.1) is 0 Å². The van der Waals surface area contributed by atoms with E-state index < -0.39 is 0 Å². The Labute approximate surface area is 95.2 Å². The number of hydrogen-bond donors (Lipinski definition) is 1. The van der Waals surface area contributed by atoms with Gasteiger partial charge in [-0.25, -0.2) is 4.68 Å². The first-order valence-corrected chi connectivity index (χ1v) is 5.18. The van der Waals surface area contributed by atoms with E-state index >= 15 is 0 Å². The fraction of sp³-hybridized carbons (Fsp3) is 0.375. The summed E-state index contributed by atoms with van der Waals surface area (Å²) in [7, 11) is 3.66. The van der Waals surface area contributed by atoms with Crippen LogP contribution in [0.25, 0.3) is 0 Å². The molecule has 0 spiro atoms. The predicted molar refractivity (Wildman–Crippen MR) is 57.9 cm³/mol. The van der Waals surface area contributed by atoms with Crippen molar-refractivity contribution in [3.8, 4) is 0 Å². The second-order valence-corrected chi connectivity index (χ2v) is 4.07. The molecule has 0 aliphatic heterocycles. The smallest absolute Gasteiger partial charge is 0.153 e. The van der Waals surface area contributed by atoms with Gasteiger partial charge in [0, 0.05) is 25.9 Å². The van der Waals surface area contributed by atoms with Crippen LogP contribution in [0.2, 0.25) is 0 Å². The fourth-order valence-electron chi connectivity index (χ4n) is 1.43. The van der Waals surface area contributed by atoms with E-state index in [0.717, 1.165) is 11.3 Å². The average Bonchev–Trinajstić information content (AvgIpc) is 2.73. The van der Waals surface area contributed by atoms with E-state index in [1.165, 1.54) is 0 Å². The van der Waals surface area contributed by atoms with Crippen molar-refractivity contribution < 1.29 is 0 Å². The molecular formula is C8H11BrN6. The first-order chi connectivity index (χ1) is 7.09. The van der Waals surface area contributed by atoms with E-state index in [2.05, 4.69) is 31.3 Å². The zero-order chi connectivity index (χ0) is 11.0. The molecule has 80 valence electrons. The molecule has 15 heavy (non-hydrogen) atoms. The van der Waals surface area contributed by atoms with Gasteiger partial charge in [-0.1, -0.05) is 5.21 Å². The molecule has 2 aromatic heterocycles. The van der Waals surface area contributed by atoms with Gasteiger partial charge in [0.05, 0.1) is 17.9 Å². The summed E-state index contributed by atoms with van der Waals surface area (Å²) in [5, 5.41) is 11.9. The highest BCUT2D eigenvalue weighted by molar-refractivity contribution is 9.10. The maximum atomic E-state index is 6.09. The standard InChI is InChI=1S/C8H11BrN6/c1-14-4-5(3-11-14)6(10)7-8(9)12-13-15(7)2/h3-4,6H,10H2,1-2H3. The van der Waals surface area contributed by atoms with Crippen LogP contribution in [-0.4, -0.2) is 24.8 Å². The van der Waals surface area contributed by atoms with E-state index in [4.69, 9.17) is 5.73 Å². The third-order valence-corrected chi connectivity index (χ3v) is 2.77. The number of nitrogens with zero attached hydrogens (tertiary/aromatic N) is 5. The molecule has 0 saturated heterocycles. The van der Waals surface area contributed by atoms with E-state index in [0.29, 0.717) is 4.60 Å². The summed E-state index contributed by atoms with van der Waals surface area (Å²) in [5.41, 5.74) is 7.86. The topological polar surface area (TPSA) is 74.6 Å². The Bertz CT molecular complexity index is 454. The maximum absolute atomic E-state index is 6.09. The molecule has 0 aromatic carbocycles. The van der Waals surface area contributed by atoms with E-state index in [1.807, 2.05) is 20.3 Å². The minimum Gasteiger partial charge on any atom is -0.319 e. The summed E-state index contributed by atoms with van der Waals surface area (Å²) in [6.07, 6.45) is 3.62. The highest BCUT2D eigenvalue weighted by atomic mass is 79.9. The molecule has 0 aliphatic rings. The Balaban J connectivity index is 2.40. The van der Waals surface area contributed by atoms with Crippen molar-refractivity contribution in [1.29, 1.82) is 0 Å². The van der Waals surface area contributed by atoms with Crippen LogP contribution in [0.1, 0.15) is 17.3 Å². The molecule has 2 N–H and O–H groups in total. The van der Waals surface area contributed by atoms with Gasteiger partial charge in [-0.2, -0.15) is 5.10 Å². The number of aryl methyl sites for hydroxylation is 2. The van der Waals surface area contributed by atoms with Crippen LogP contribution in [-0.2, 0) is 14.1 Å². The zero-order valence-corrected chi connectivity index (χ0v) is 10.0. The molecule has 0 aliphatic carbocycles. The van der Waals surface area contributed by atoms with Crippen molar-refractivity contribution in [2.24, 2.45) is 19.8 Å². The molecule has 2 rings (SSSR count). The summed E-state index contributed by atoms with van der Waals surface area (Å²) in [4.78, 5) is 0. The largest absolute Gasteiger partial charge is 0.319 e. The lowest BCUT2D eigenvalue weighted by Gasteiger charge is -2.09. The Morgan fingerprint density at radius 2 is 2.20 bits per heavy atom. The van der Waals surface area contributed by atoms with Crippen LogP contribution in [0.5, 0.6) is 0 Å². The molecule has 0 radical (unpaired) electrons. The van der Waals surface area contributed by atoms with E-state index in [-0.39, 0.29) is 6.04 Å². The molecule has 6 nitrogen and oxygen atoms in total. The second kappa shape index (κ2) is 3.74. The summed E-state index contributed by atoms with van der Waals surface area (Å²) >= 11 is 3.32. The van der Waals surface area contributed by atoms with Crippen molar-refractivity contribution in [3.63, 3.8) is 0 Å². The van der Waals surface area contributed by atoms with E-state index in [1.54, 1.807) is 15.6 Å². The Morgan fingerprint density at radius 1 is 1.47 bits per heavy atom. The normalized spacial score (nSPS) is 13.1. The Morgan fingerprint density at radius 3 is 2.67 bits per heavy atom. The third-order valence-electron chi connectivity index (χ3n) is 2.21. The highest BCUT2D eigenvalue weighted by Crippen LogP contribution is 2.23. The highest BCUT2D eigenvalue weighted by Gasteiger charge is 2.19. The number of hydrogen-bond acceptors (Lipinski definition) is 4. The number of aromatic nitrogens is 5. The molecule has 2 aromatic rings. The molecule has 0 saturated carbocycles. The third kappa shape index (κ3) is 1.80. The Hall–Kier alpha value is -1.21.